The van der Waals surface area contributed by atoms with E-state index in [9.17, 15) is 0 Å². The first kappa shape index (κ1) is 13.3. The van der Waals surface area contributed by atoms with Crippen LogP contribution in [0.2, 0.25) is 0 Å². The second kappa shape index (κ2) is 3.91. The standard InChI is InChI=1S/C14H26N2S/c1-7-14(8-2)9-17-11(16-14)15-10-12(3,4)13(10,5)6/h10H,7-9H2,1-6H3,(H,15,16). The van der Waals surface area contributed by atoms with Crippen molar-refractivity contribution in [2.75, 3.05) is 5.75 Å². The highest BCUT2D eigenvalue weighted by molar-refractivity contribution is 8.14. The molecule has 0 aromatic heterocycles. The highest BCUT2D eigenvalue weighted by atomic mass is 32.2. The fourth-order valence-corrected chi connectivity index (χ4v) is 4.17. The zero-order valence-electron chi connectivity index (χ0n) is 12.1. The molecule has 1 saturated carbocycles. The zero-order valence-corrected chi connectivity index (χ0v) is 12.9. The Hall–Kier alpha value is -0.180. The summed E-state index contributed by atoms with van der Waals surface area (Å²) in [6.45, 7) is 13.8. The summed E-state index contributed by atoms with van der Waals surface area (Å²) >= 11 is 1.91. The summed E-state index contributed by atoms with van der Waals surface area (Å²) in [7, 11) is 0. The molecular weight excluding hydrogens is 228 g/mol. The molecule has 2 nitrogen and oxygen atoms in total. The molecule has 2 aliphatic rings. The van der Waals surface area contributed by atoms with E-state index < -0.39 is 0 Å². The second-order valence-electron chi connectivity index (χ2n) is 6.68. The third kappa shape index (κ3) is 1.91. The number of amidine groups is 1. The molecule has 0 spiro atoms. The first-order chi connectivity index (χ1) is 7.79. The summed E-state index contributed by atoms with van der Waals surface area (Å²) in [6.07, 6.45) is 2.37. The van der Waals surface area contributed by atoms with Crippen molar-refractivity contribution in [3.63, 3.8) is 0 Å². The van der Waals surface area contributed by atoms with Gasteiger partial charge in [-0.05, 0) is 23.7 Å². The van der Waals surface area contributed by atoms with Crippen molar-refractivity contribution in [1.82, 2.24) is 5.32 Å². The SMILES string of the molecule is CCC1(CC)CSC(=NC2C(C)(C)C2(C)C)N1. The van der Waals surface area contributed by atoms with Crippen LogP contribution in [-0.2, 0) is 0 Å². The number of hydrogen-bond acceptors (Lipinski definition) is 2. The summed E-state index contributed by atoms with van der Waals surface area (Å²) in [5, 5.41) is 4.84. The third-order valence-corrected chi connectivity index (χ3v) is 6.58. The van der Waals surface area contributed by atoms with Crippen LogP contribution in [0.25, 0.3) is 0 Å². The maximum absolute atomic E-state index is 4.95. The van der Waals surface area contributed by atoms with E-state index in [1.54, 1.807) is 0 Å². The first-order valence-electron chi connectivity index (χ1n) is 6.78. The number of thioether (sulfide) groups is 1. The van der Waals surface area contributed by atoms with Crippen LogP contribution in [0.15, 0.2) is 4.99 Å². The number of rotatable bonds is 3. The Labute approximate surface area is 110 Å². The van der Waals surface area contributed by atoms with Gasteiger partial charge in [0.25, 0.3) is 0 Å². The molecular formula is C14H26N2S. The Balaban J connectivity index is 2.08. The van der Waals surface area contributed by atoms with E-state index >= 15 is 0 Å². The van der Waals surface area contributed by atoms with Gasteiger partial charge >= 0.3 is 0 Å². The van der Waals surface area contributed by atoms with Crippen molar-refractivity contribution >= 4 is 16.9 Å². The van der Waals surface area contributed by atoms with E-state index in [-0.39, 0.29) is 0 Å². The fraction of sp³-hybridized carbons (Fsp3) is 0.929. The minimum Gasteiger partial charge on any atom is -0.359 e. The van der Waals surface area contributed by atoms with Crippen LogP contribution in [0.3, 0.4) is 0 Å². The van der Waals surface area contributed by atoms with Gasteiger partial charge in [-0.1, -0.05) is 53.3 Å². The second-order valence-corrected chi connectivity index (χ2v) is 7.65. The van der Waals surface area contributed by atoms with E-state index in [1.807, 2.05) is 11.8 Å². The Morgan fingerprint density at radius 3 is 2.06 bits per heavy atom. The van der Waals surface area contributed by atoms with Crippen molar-refractivity contribution in [2.45, 2.75) is 66.0 Å². The molecule has 0 radical (unpaired) electrons. The number of aliphatic imine (C=N–C) groups is 1. The van der Waals surface area contributed by atoms with Crippen molar-refractivity contribution in [2.24, 2.45) is 15.8 Å². The Bertz CT molecular complexity index is 326. The normalized spacial score (nSPS) is 31.5. The van der Waals surface area contributed by atoms with Crippen LogP contribution in [0, 0.1) is 10.8 Å². The highest BCUT2D eigenvalue weighted by Gasteiger charge is 2.65. The van der Waals surface area contributed by atoms with Gasteiger partial charge in [-0.15, -0.1) is 0 Å². The van der Waals surface area contributed by atoms with Crippen molar-refractivity contribution in [3.8, 4) is 0 Å². The molecule has 0 amide bonds. The highest BCUT2D eigenvalue weighted by Crippen LogP contribution is 2.64. The Kier molecular flexibility index (Phi) is 3.05. The molecule has 1 aliphatic carbocycles. The molecule has 1 saturated heterocycles. The predicted octanol–water partition coefficient (Wildman–Crippen LogP) is 3.67. The van der Waals surface area contributed by atoms with Gasteiger partial charge in [-0.2, -0.15) is 0 Å². The monoisotopic (exact) mass is 254 g/mol. The van der Waals surface area contributed by atoms with Crippen LogP contribution >= 0.6 is 11.8 Å². The summed E-state index contributed by atoms with van der Waals surface area (Å²) in [5.41, 5.74) is 1.00. The molecule has 0 atom stereocenters. The molecule has 98 valence electrons. The molecule has 0 aromatic rings. The molecule has 1 heterocycles. The van der Waals surface area contributed by atoms with Gasteiger partial charge in [-0.25, -0.2) is 0 Å². The summed E-state index contributed by atoms with van der Waals surface area (Å²) < 4.78 is 0. The van der Waals surface area contributed by atoms with Crippen LogP contribution in [0.1, 0.15) is 54.4 Å². The van der Waals surface area contributed by atoms with Gasteiger partial charge in [0, 0.05) is 11.3 Å². The average Bonchev–Trinajstić information content (AvgIpc) is 2.65. The summed E-state index contributed by atoms with van der Waals surface area (Å²) in [6, 6.07) is 0.481. The van der Waals surface area contributed by atoms with Crippen molar-refractivity contribution in [3.05, 3.63) is 0 Å². The largest absolute Gasteiger partial charge is 0.359 e. The lowest BCUT2D eigenvalue weighted by Gasteiger charge is -2.25. The van der Waals surface area contributed by atoms with E-state index in [0.29, 0.717) is 22.4 Å². The van der Waals surface area contributed by atoms with Crippen molar-refractivity contribution < 1.29 is 0 Å². The van der Waals surface area contributed by atoms with Crippen LogP contribution < -0.4 is 5.32 Å². The zero-order chi connectivity index (χ0) is 12.9. The van der Waals surface area contributed by atoms with Gasteiger partial charge in [0.15, 0.2) is 5.17 Å². The minimum absolute atomic E-state index is 0.298. The number of hydrogen-bond donors (Lipinski definition) is 1. The van der Waals surface area contributed by atoms with Crippen molar-refractivity contribution in [1.29, 1.82) is 0 Å². The smallest absolute Gasteiger partial charge is 0.157 e. The average molecular weight is 254 g/mol. The van der Waals surface area contributed by atoms with Crippen LogP contribution in [0.4, 0.5) is 0 Å². The Morgan fingerprint density at radius 2 is 1.71 bits per heavy atom. The van der Waals surface area contributed by atoms with Gasteiger partial charge < -0.3 is 5.32 Å². The summed E-state index contributed by atoms with van der Waals surface area (Å²) in [5.74, 6) is 1.17. The van der Waals surface area contributed by atoms with Gasteiger partial charge in [0.2, 0.25) is 0 Å². The van der Waals surface area contributed by atoms with E-state index in [4.69, 9.17) is 4.99 Å². The van der Waals surface area contributed by atoms with Gasteiger partial charge in [-0.3, -0.25) is 4.99 Å². The third-order valence-electron chi connectivity index (χ3n) is 5.40. The minimum atomic E-state index is 0.298. The molecule has 1 N–H and O–H groups in total. The molecule has 3 heteroatoms. The van der Waals surface area contributed by atoms with Crippen LogP contribution in [0.5, 0.6) is 0 Å². The van der Waals surface area contributed by atoms with E-state index in [2.05, 4.69) is 46.9 Å². The van der Waals surface area contributed by atoms with Crippen LogP contribution in [-0.4, -0.2) is 22.5 Å². The lowest BCUT2D eigenvalue weighted by Crippen LogP contribution is -2.42. The van der Waals surface area contributed by atoms with Gasteiger partial charge in [0.1, 0.15) is 0 Å². The lowest BCUT2D eigenvalue weighted by atomic mass is 9.96. The first-order valence-corrected chi connectivity index (χ1v) is 7.76. The molecule has 2 fully saturated rings. The molecule has 0 unspecified atom stereocenters. The summed E-state index contributed by atoms with van der Waals surface area (Å²) in [4.78, 5) is 4.95. The molecule has 0 bridgehead atoms. The van der Waals surface area contributed by atoms with E-state index in [0.717, 1.165) is 0 Å². The quantitative estimate of drug-likeness (QED) is 0.831. The topological polar surface area (TPSA) is 24.4 Å². The molecule has 0 aromatic carbocycles. The molecule has 2 rings (SSSR count). The predicted molar refractivity (Wildman–Crippen MR) is 77.7 cm³/mol. The molecule has 1 aliphatic heterocycles. The van der Waals surface area contributed by atoms with E-state index in [1.165, 1.54) is 23.8 Å². The molecule has 17 heavy (non-hydrogen) atoms. The maximum Gasteiger partial charge on any atom is 0.157 e. The maximum atomic E-state index is 4.95. The van der Waals surface area contributed by atoms with Gasteiger partial charge in [0.05, 0.1) is 6.04 Å². The Morgan fingerprint density at radius 1 is 1.18 bits per heavy atom. The lowest BCUT2D eigenvalue weighted by molar-refractivity contribution is 0.407. The fourth-order valence-electron chi connectivity index (χ4n) is 2.81. The number of nitrogens with zero attached hydrogens (tertiary/aromatic N) is 1. The number of nitrogens with one attached hydrogen (secondary N) is 1.